The van der Waals surface area contributed by atoms with Crippen LogP contribution in [0, 0.1) is 11.8 Å². The minimum absolute atomic E-state index is 0.138. The normalized spacial score (nSPS) is 31.5. The first kappa shape index (κ1) is 11.6. The maximum atomic E-state index is 12.7. The summed E-state index contributed by atoms with van der Waals surface area (Å²) < 4.78 is 25.3. The lowest BCUT2D eigenvalue weighted by Crippen LogP contribution is -2.46. The standard InChI is InChI=1S/C12H17F2NO/c1-8-4-2-3-5-9(8)10(16)15-12(6-7-12)11(13)14/h2-3,8-9,11H,4-7H2,1H3,(H,15,16)/t8-,9-/m1/s1. The van der Waals surface area contributed by atoms with Crippen LogP contribution in [0.15, 0.2) is 12.2 Å². The lowest BCUT2D eigenvalue weighted by molar-refractivity contribution is -0.129. The Hall–Kier alpha value is -0.930. The van der Waals surface area contributed by atoms with Crippen molar-refractivity contribution < 1.29 is 13.6 Å². The van der Waals surface area contributed by atoms with Gasteiger partial charge < -0.3 is 5.32 Å². The summed E-state index contributed by atoms with van der Waals surface area (Å²) in [7, 11) is 0. The second-order valence-electron chi connectivity index (χ2n) is 4.97. The summed E-state index contributed by atoms with van der Waals surface area (Å²) in [6, 6.07) is 0. The summed E-state index contributed by atoms with van der Waals surface area (Å²) in [5, 5.41) is 2.54. The molecule has 0 aromatic carbocycles. The van der Waals surface area contributed by atoms with Crippen molar-refractivity contribution in [1.29, 1.82) is 0 Å². The first-order valence-electron chi connectivity index (χ1n) is 5.80. The zero-order valence-electron chi connectivity index (χ0n) is 9.38. The third-order valence-electron chi connectivity index (χ3n) is 3.67. The van der Waals surface area contributed by atoms with Crippen LogP contribution in [0.25, 0.3) is 0 Å². The van der Waals surface area contributed by atoms with Gasteiger partial charge in [0.15, 0.2) is 0 Å². The molecule has 0 unspecified atom stereocenters. The molecule has 2 nitrogen and oxygen atoms in total. The van der Waals surface area contributed by atoms with Crippen molar-refractivity contribution in [3.05, 3.63) is 12.2 Å². The number of nitrogens with one attached hydrogen (secondary N) is 1. The van der Waals surface area contributed by atoms with Crippen molar-refractivity contribution in [2.45, 2.75) is 44.6 Å². The number of allylic oxidation sites excluding steroid dienone is 2. The Morgan fingerprint density at radius 3 is 2.50 bits per heavy atom. The molecular weight excluding hydrogens is 212 g/mol. The van der Waals surface area contributed by atoms with Crippen LogP contribution in [0.5, 0.6) is 0 Å². The Morgan fingerprint density at radius 1 is 1.38 bits per heavy atom. The summed E-state index contributed by atoms with van der Waals surface area (Å²) in [5.41, 5.74) is -1.20. The van der Waals surface area contributed by atoms with Crippen LogP contribution >= 0.6 is 0 Å². The van der Waals surface area contributed by atoms with E-state index >= 15 is 0 Å². The fourth-order valence-electron chi connectivity index (χ4n) is 2.19. The second-order valence-corrected chi connectivity index (χ2v) is 4.97. The average molecular weight is 229 g/mol. The molecule has 0 heterocycles. The fraction of sp³-hybridized carbons (Fsp3) is 0.750. The molecule has 0 radical (unpaired) electrons. The molecule has 1 fully saturated rings. The number of rotatable bonds is 3. The summed E-state index contributed by atoms with van der Waals surface area (Å²) >= 11 is 0. The van der Waals surface area contributed by atoms with Crippen LogP contribution in [0.4, 0.5) is 8.78 Å². The van der Waals surface area contributed by atoms with Crippen molar-refractivity contribution in [2.75, 3.05) is 0 Å². The molecule has 0 aromatic rings. The molecule has 4 heteroatoms. The van der Waals surface area contributed by atoms with E-state index in [9.17, 15) is 13.6 Å². The molecule has 1 N–H and O–H groups in total. The topological polar surface area (TPSA) is 29.1 Å². The molecule has 0 aliphatic heterocycles. The van der Waals surface area contributed by atoms with Crippen molar-refractivity contribution in [2.24, 2.45) is 11.8 Å². The molecule has 2 aliphatic rings. The predicted octanol–water partition coefficient (Wildman–Crippen LogP) is 2.50. The van der Waals surface area contributed by atoms with E-state index in [0.29, 0.717) is 19.3 Å². The average Bonchev–Trinajstić information content (AvgIpc) is 2.99. The van der Waals surface area contributed by atoms with Gasteiger partial charge in [-0.05, 0) is 31.6 Å². The number of carbonyl (C=O) groups excluding carboxylic acids is 1. The quantitative estimate of drug-likeness (QED) is 0.740. The van der Waals surface area contributed by atoms with Crippen LogP contribution in [0.3, 0.4) is 0 Å². The van der Waals surface area contributed by atoms with E-state index in [-0.39, 0.29) is 17.7 Å². The summed E-state index contributed by atoms with van der Waals surface area (Å²) in [6.45, 7) is 2.00. The van der Waals surface area contributed by atoms with Crippen molar-refractivity contribution >= 4 is 5.91 Å². The Bertz CT molecular complexity index is 310. The van der Waals surface area contributed by atoms with E-state index in [1.54, 1.807) is 0 Å². The van der Waals surface area contributed by atoms with E-state index in [2.05, 4.69) is 11.4 Å². The molecular formula is C12H17F2NO. The van der Waals surface area contributed by atoms with Gasteiger partial charge in [-0.15, -0.1) is 0 Å². The molecule has 2 rings (SSSR count). The van der Waals surface area contributed by atoms with Crippen molar-refractivity contribution in [3.8, 4) is 0 Å². The SMILES string of the molecule is C[C@@H]1CC=CC[C@H]1C(=O)NC1(C(F)F)CC1. The zero-order valence-corrected chi connectivity index (χ0v) is 9.38. The van der Waals surface area contributed by atoms with Crippen LogP contribution in [0.1, 0.15) is 32.6 Å². The van der Waals surface area contributed by atoms with E-state index < -0.39 is 12.0 Å². The largest absolute Gasteiger partial charge is 0.345 e. The Labute approximate surface area is 94.1 Å². The van der Waals surface area contributed by atoms with Gasteiger partial charge in [-0.3, -0.25) is 4.79 Å². The van der Waals surface area contributed by atoms with Crippen LogP contribution in [-0.4, -0.2) is 17.9 Å². The number of hydrogen-bond acceptors (Lipinski definition) is 1. The number of hydrogen-bond donors (Lipinski definition) is 1. The van der Waals surface area contributed by atoms with Gasteiger partial charge >= 0.3 is 0 Å². The first-order chi connectivity index (χ1) is 7.55. The molecule has 1 saturated carbocycles. The third kappa shape index (κ3) is 2.11. The molecule has 0 saturated heterocycles. The lowest BCUT2D eigenvalue weighted by atomic mass is 9.83. The minimum atomic E-state index is -2.44. The number of alkyl halides is 2. The van der Waals surface area contributed by atoms with E-state index in [4.69, 9.17) is 0 Å². The molecule has 90 valence electrons. The minimum Gasteiger partial charge on any atom is -0.345 e. The zero-order chi connectivity index (χ0) is 11.8. The first-order valence-corrected chi connectivity index (χ1v) is 5.80. The third-order valence-corrected chi connectivity index (χ3v) is 3.67. The number of carbonyl (C=O) groups is 1. The Balaban J connectivity index is 1.95. The van der Waals surface area contributed by atoms with Gasteiger partial charge in [-0.1, -0.05) is 19.1 Å². The molecule has 0 spiro atoms. The van der Waals surface area contributed by atoms with E-state index in [0.717, 1.165) is 6.42 Å². The highest BCUT2D eigenvalue weighted by atomic mass is 19.3. The van der Waals surface area contributed by atoms with Gasteiger partial charge in [0.25, 0.3) is 6.43 Å². The Kier molecular flexibility index (Phi) is 3.00. The Morgan fingerprint density at radius 2 is 2.00 bits per heavy atom. The number of amides is 1. The molecule has 0 aromatic heterocycles. The predicted molar refractivity (Wildman–Crippen MR) is 57.1 cm³/mol. The van der Waals surface area contributed by atoms with Gasteiger partial charge in [-0.2, -0.15) is 0 Å². The molecule has 2 aliphatic carbocycles. The number of halogens is 2. The summed E-state index contributed by atoms with van der Waals surface area (Å²) in [4.78, 5) is 11.9. The smallest absolute Gasteiger partial charge is 0.261 e. The maximum Gasteiger partial charge on any atom is 0.261 e. The fourth-order valence-corrected chi connectivity index (χ4v) is 2.19. The molecule has 16 heavy (non-hydrogen) atoms. The second kappa shape index (κ2) is 4.15. The van der Waals surface area contributed by atoms with Crippen LogP contribution in [0.2, 0.25) is 0 Å². The monoisotopic (exact) mass is 229 g/mol. The van der Waals surface area contributed by atoms with Crippen LogP contribution in [-0.2, 0) is 4.79 Å². The van der Waals surface area contributed by atoms with E-state index in [1.807, 2.05) is 13.0 Å². The summed E-state index contributed by atoms with van der Waals surface area (Å²) in [6.07, 6.45) is 3.93. The van der Waals surface area contributed by atoms with Gasteiger partial charge in [-0.25, -0.2) is 8.78 Å². The van der Waals surface area contributed by atoms with Gasteiger partial charge in [0, 0.05) is 5.92 Å². The van der Waals surface area contributed by atoms with Crippen molar-refractivity contribution in [1.82, 2.24) is 5.32 Å². The van der Waals surface area contributed by atoms with E-state index in [1.165, 1.54) is 0 Å². The molecule has 1 amide bonds. The highest BCUT2D eigenvalue weighted by Crippen LogP contribution is 2.41. The van der Waals surface area contributed by atoms with Crippen molar-refractivity contribution in [3.63, 3.8) is 0 Å². The van der Waals surface area contributed by atoms with Gasteiger partial charge in [0.1, 0.15) is 5.54 Å². The van der Waals surface area contributed by atoms with Gasteiger partial charge in [0.05, 0.1) is 0 Å². The molecule has 0 bridgehead atoms. The van der Waals surface area contributed by atoms with Crippen LogP contribution < -0.4 is 5.32 Å². The maximum absolute atomic E-state index is 12.7. The summed E-state index contributed by atoms with van der Waals surface area (Å²) in [5.74, 6) is -0.0886. The lowest BCUT2D eigenvalue weighted by Gasteiger charge is -2.26. The van der Waals surface area contributed by atoms with Gasteiger partial charge in [0.2, 0.25) is 5.91 Å². The highest BCUT2D eigenvalue weighted by molar-refractivity contribution is 5.80. The molecule has 2 atom stereocenters. The highest BCUT2D eigenvalue weighted by Gasteiger charge is 2.53.